The monoisotopic (exact) mass is 202 g/mol. The molecule has 0 heterocycles. The largest absolute Gasteiger partial charge is 0.493 e. The first kappa shape index (κ1) is 10.9. The highest BCUT2D eigenvalue weighted by molar-refractivity contribution is 5.23. The molecule has 78 valence electrons. The number of aliphatic hydroxyl groups excluding tert-OH is 1. The van der Waals surface area contributed by atoms with E-state index < -0.39 is 17.7 Å². The van der Waals surface area contributed by atoms with Gasteiger partial charge >= 0.3 is 0 Å². The zero-order valence-electron chi connectivity index (χ0n) is 7.84. The summed E-state index contributed by atoms with van der Waals surface area (Å²) < 4.78 is 30.2. The third kappa shape index (κ3) is 3.30. The van der Waals surface area contributed by atoms with E-state index in [4.69, 9.17) is 9.84 Å². The first-order valence-electron chi connectivity index (χ1n) is 4.35. The van der Waals surface area contributed by atoms with Gasteiger partial charge in [-0.2, -0.15) is 0 Å². The molecule has 1 aromatic rings. The van der Waals surface area contributed by atoms with E-state index in [2.05, 4.69) is 0 Å². The second kappa shape index (κ2) is 4.91. The van der Waals surface area contributed by atoms with Gasteiger partial charge in [-0.1, -0.05) is 0 Å². The number of rotatable bonds is 4. The van der Waals surface area contributed by atoms with Gasteiger partial charge in [0.05, 0.1) is 12.7 Å². The summed E-state index contributed by atoms with van der Waals surface area (Å²) in [5.74, 6) is -1.56. The summed E-state index contributed by atoms with van der Waals surface area (Å²) in [7, 11) is 0. The third-order valence-electron chi connectivity index (χ3n) is 1.70. The maximum atomic E-state index is 12.7. The molecule has 0 aliphatic rings. The first-order valence-corrected chi connectivity index (χ1v) is 4.35. The van der Waals surface area contributed by atoms with Crippen LogP contribution < -0.4 is 4.74 Å². The minimum absolute atomic E-state index is 0.268. The summed E-state index contributed by atoms with van der Waals surface area (Å²) in [6.07, 6.45) is -0.000723. The Hall–Kier alpha value is -1.16. The summed E-state index contributed by atoms with van der Waals surface area (Å²) in [4.78, 5) is 0. The van der Waals surface area contributed by atoms with E-state index in [9.17, 15) is 8.78 Å². The molecule has 2 nitrogen and oxygen atoms in total. The van der Waals surface area contributed by atoms with Crippen molar-refractivity contribution in [3.05, 3.63) is 29.8 Å². The average molecular weight is 202 g/mol. The lowest BCUT2D eigenvalue weighted by molar-refractivity contribution is 0.155. The summed E-state index contributed by atoms with van der Waals surface area (Å²) in [5, 5.41) is 8.92. The van der Waals surface area contributed by atoms with Crippen LogP contribution in [0.15, 0.2) is 18.2 Å². The summed E-state index contributed by atoms with van der Waals surface area (Å²) in [5.41, 5.74) is 0. The van der Waals surface area contributed by atoms with Crippen molar-refractivity contribution in [1.29, 1.82) is 0 Å². The van der Waals surface area contributed by atoms with Crippen LogP contribution in [-0.2, 0) is 0 Å². The maximum Gasteiger partial charge on any atom is 0.162 e. The fourth-order valence-electron chi connectivity index (χ4n) is 0.914. The van der Waals surface area contributed by atoms with E-state index in [1.54, 1.807) is 6.92 Å². The highest BCUT2D eigenvalue weighted by Crippen LogP contribution is 2.15. The minimum atomic E-state index is -0.931. The van der Waals surface area contributed by atoms with E-state index in [0.717, 1.165) is 12.1 Å². The molecular weight excluding hydrogens is 190 g/mol. The van der Waals surface area contributed by atoms with Crippen LogP contribution in [0.1, 0.15) is 13.3 Å². The molecule has 0 aliphatic carbocycles. The fourth-order valence-corrected chi connectivity index (χ4v) is 0.914. The van der Waals surface area contributed by atoms with E-state index >= 15 is 0 Å². The summed E-state index contributed by atoms with van der Waals surface area (Å²) in [6.45, 7) is 1.91. The third-order valence-corrected chi connectivity index (χ3v) is 1.70. The Morgan fingerprint density at radius 3 is 2.64 bits per heavy atom. The topological polar surface area (TPSA) is 29.5 Å². The zero-order chi connectivity index (χ0) is 10.6. The van der Waals surface area contributed by atoms with Crippen LogP contribution in [0.5, 0.6) is 5.75 Å². The van der Waals surface area contributed by atoms with Gasteiger partial charge in [-0.15, -0.1) is 0 Å². The van der Waals surface area contributed by atoms with Crippen molar-refractivity contribution >= 4 is 0 Å². The van der Waals surface area contributed by atoms with E-state index in [1.807, 2.05) is 0 Å². The van der Waals surface area contributed by atoms with Crippen molar-refractivity contribution in [1.82, 2.24) is 0 Å². The maximum absolute atomic E-state index is 12.7. The second-order valence-electron chi connectivity index (χ2n) is 3.06. The SMILES string of the molecule is CC(O)CCOc1ccc(F)c(F)c1. The zero-order valence-corrected chi connectivity index (χ0v) is 7.84. The van der Waals surface area contributed by atoms with Gasteiger partial charge in [0, 0.05) is 12.5 Å². The molecule has 0 fully saturated rings. The molecule has 4 heteroatoms. The molecule has 1 atom stereocenters. The second-order valence-corrected chi connectivity index (χ2v) is 3.06. The smallest absolute Gasteiger partial charge is 0.162 e. The molecule has 1 rings (SSSR count). The van der Waals surface area contributed by atoms with Crippen molar-refractivity contribution < 1.29 is 18.6 Å². The lowest BCUT2D eigenvalue weighted by Gasteiger charge is -2.07. The Morgan fingerprint density at radius 2 is 2.07 bits per heavy atom. The predicted molar refractivity (Wildman–Crippen MR) is 48.2 cm³/mol. The van der Waals surface area contributed by atoms with Gasteiger partial charge < -0.3 is 9.84 Å². The number of hydrogen-bond donors (Lipinski definition) is 1. The molecule has 0 aromatic heterocycles. The molecule has 0 bridgehead atoms. The Morgan fingerprint density at radius 1 is 1.36 bits per heavy atom. The molecule has 1 aromatic carbocycles. The van der Waals surface area contributed by atoms with Gasteiger partial charge in [-0.05, 0) is 19.1 Å². The van der Waals surface area contributed by atoms with E-state index in [0.29, 0.717) is 6.42 Å². The molecule has 0 aliphatic heterocycles. The van der Waals surface area contributed by atoms with Gasteiger partial charge in [0.2, 0.25) is 0 Å². The van der Waals surface area contributed by atoms with Crippen LogP contribution in [0.3, 0.4) is 0 Å². The average Bonchev–Trinajstić information content (AvgIpc) is 2.10. The van der Waals surface area contributed by atoms with Crippen LogP contribution in [0.25, 0.3) is 0 Å². The van der Waals surface area contributed by atoms with E-state index in [1.165, 1.54) is 6.07 Å². The van der Waals surface area contributed by atoms with Crippen molar-refractivity contribution in [3.63, 3.8) is 0 Å². The van der Waals surface area contributed by atoms with E-state index in [-0.39, 0.29) is 12.4 Å². The standard InChI is InChI=1S/C10H12F2O2/c1-7(13)4-5-14-8-2-3-9(11)10(12)6-8/h2-3,6-7,13H,4-5H2,1H3. The number of ether oxygens (including phenoxy) is 1. The molecule has 14 heavy (non-hydrogen) atoms. The van der Waals surface area contributed by atoms with Gasteiger partial charge in [0.25, 0.3) is 0 Å². The molecule has 0 amide bonds. The summed E-state index contributed by atoms with van der Waals surface area (Å²) in [6, 6.07) is 3.34. The van der Waals surface area contributed by atoms with Crippen molar-refractivity contribution in [2.24, 2.45) is 0 Å². The highest BCUT2D eigenvalue weighted by atomic mass is 19.2. The van der Waals surface area contributed by atoms with Crippen LogP contribution in [0.4, 0.5) is 8.78 Å². The number of halogens is 2. The Labute approximate surface area is 81.1 Å². The molecule has 0 saturated heterocycles. The van der Waals surface area contributed by atoms with Crippen LogP contribution in [-0.4, -0.2) is 17.8 Å². The van der Waals surface area contributed by atoms with Crippen LogP contribution >= 0.6 is 0 Å². The van der Waals surface area contributed by atoms with Crippen molar-refractivity contribution in [3.8, 4) is 5.75 Å². The number of aliphatic hydroxyl groups is 1. The molecular formula is C10H12F2O2. The Bertz CT molecular complexity index is 300. The van der Waals surface area contributed by atoms with Gasteiger partial charge in [-0.3, -0.25) is 0 Å². The lowest BCUT2D eigenvalue weighted by Crippen LogP contribution is -2.07. The fraction of sp³-hybridized carbons (Fsp3) is 0.400. The molecule has 0 spiro atoms. The molecule has 1 unspecified atom stereocenters. The molecule has 0 radical (unpaired) electrons. The Kier molecular flexibility index (Phi) is 3.83. The first-order chi connectivity index (χ1) is 6.59. The van der Waals surface area contributed by atoms with Crippen LogP contribution in [0, 0.1) is 11.6 Å². The van der Waals surface area contributed by atoms with Gasteiger partial charge in [0.1, 0.15) is 5.75 Å². The van der Waals surface area contributed by atoms with Gasteiger partial charge in [-0.25, -0.2) is 8.78 Å². The Balaban J connectivity index is 2.47. The van der Waals surface area contributed by atoms with Crippen molar-refractivity contribution in [2.45, 2.75) is 19.4 Å². The molecule has 0 saturated carbocycles. The highest BCUT2D eigenvalue weighted by Gasteiger charge is 2.03. The quantitative estimate of drug-likeness (QED) is 0.810. The normalized spacial score (nSPS) is 12.6. The molecule has 1 N–H and O–H groups in total. The summed E-state index contributed by atoms with van der Waals surface area (Å²) >= 11 is 0. The number of hydrogen-bond acceptors (Lipinski definition) is 2. The predicted octanol–water partition coefficient (Wildman–Crippen LogP) is 2.11. The van der Waals surface area contributed by atoms with Crippen LogP contribution in [0.2, 0.25) is 0 Å². The van der Waals surface area contributed by atoms with Gasteiger partial charge in [0.15, 0.2) is 11.6 Å². The minimum Gasteiger partial charge on any atom is -0.493 e. The number of benzene rings is 1. The lowest BCUT2D eigenvalue weighted by atomic mass is 10.3. The van der Waals surface area contributed by atoms with Crippen molar-refractivity contribution in [2.75, 3.05) is 6.61 Å².